The third-order valence-corrected chi connectivity index (χ3v) is 6.75. The van der Waals surface area contributed by atoms with E-state index in [-0.39, 0.29) is 18.1 Å². The first-order valence-corrected chi connectivity index (χ1v) is 12.0. The number of nitrogens with one attached hydrogen (secondary N) is 1. The first-order valence-electron chi connectivity index (χ1n) is 12.0. The van der Waals surface area contributed by atoms with Crippen molar-refractivity contribution in [1.29, 1.82) is 0 Å². The number of anilines is 1. The zero-order valence-corrected chi connectivity index (χ0v) is 19.5. The molecule has 1 aliphatic rings. The number of nitrogens with zero attached hydrogens (tertiary/aromatic N) is 5. The summed E-state index contributed by atoms with van der Waals surface area (Å²) in [6, 6.07) is 19.2. The largest absolute Gasteiger partial charge is 0.393 e. The summed E-state index contributed by atoms with van der Waals surface area (Å²) in [6.07, 6.45) is 3.35. The van der Waals surface area contributed by atoms with Crippen LogP contribution in [0.25, 0.3) is 33.2 Å². The van der Waals surface area contributed by atoms with Crippen molar-refractivity contribution < 1.29 is 9.90 Å². The molecule has 2 unspecified atom stereocenters. The van der Waals surface area contributed by atoms with E-state index < -0.39 is 0 Å². The van der Waals surface area contributed by atoms with Gasteiger partial charge in [0.25, 0.3) is 5.91 Å². The van der Waals surface area contributed by atoms with E-state index in [9.17, 15) is 9.90 Å². The molecule has 180 valence electrons. The SMILES string of the molecule is Nc1ncnc2c1c(-c1ccc(CNC(=O)c3ccc4ccccc4n3)cc1)nn2C1CCC(O)C1. The van der Waals surface area contributed by atoms with Crippen LogP contribution < -0.4 is 11.1 Å². The van der Waals surface area contributed by atoms with Crippen LogP contribution in [-0.2, 0) is 6.54 Å². The highest BCUT2D eigenvalue weighted by Gasteiger charge is 2.28. The third kappa shape index (κ3) is 4.03. The maximum absolute atomic E-state index is 12.7. The number of carbonyl (C=O) groups excluding carboxylic acids is 1. The molecule has 0 radical (unpaired) electrons. The van der Waals surface area contributed by atoms with Gasteiger partial charge in [-0.3, -0.25) is 4.79 Å². The average Bonchev–Trinajstić information content (AvgIpc) is 3.51. The van der Waals surface area contributed by atoms with Gasteiger partial charge in [0.15, 0.2) is 5.65 Å². The Morgan fingerprint density at radius 1 is 1.06 bits per heavy atom. The summed E-state index contributed by atoms with van der Waals surface area (Å²) in [7, 11) is 0. The average molecular weight is 480 g/mol. The zero-order chi connectivity index (χ0) is 24.6. The van der Waals surface area contributed by atoms with Gasteiger partial charge in [0, 0.05) is 17.5 Å². The van der Waals surface area contributed by atoms with Crippen LogP contribution in [0.2, 0.25) is 0 Å². The van der Waals surface area contributed by atoms with Crippen molar-refractivity contribution >= 4 is 33.7 Å². The van der Waals surface area contributed by atoms with Gasteiger partial charge in [0.2, 0.25) is 0 Å². The van der Waals surface area contributed by atoms with Gasteiger partial charge in [0.1, 0.15) is 23.5 Å². The Labute approximate surface area is 207 Å². The minimum atomic E-state index is -0.323. The van der Waals surface area contributed by atoms with Crippen LogP contribution >= 0.6 is 0 Å². The van der Waals surface area contributed by atoms with Gasteiger partial charge in [0.05, 0.1) is 23.0 Å². The van der Waals surface area contributed by atoms with Gasteiger partial charge in [-0.2, -0.15) is 5.10 Å². The van der Waals surface area contributed by atoms with Gasteiger partial charge in [-0.25, -0.2) is 19.6 Å². The quantitative estimate of drug-likeness (QED) is 0.351. The van der Waals surface area contributed by atoms with E-state index in [2.05, 4.69) is 20.3 Å². The summed E-state index contributed by atoms with van der Waals surface area (Å²) < 4.78 is 1.88. The Kier molecular flexibility index (Phi) is 5.54. The molecule has 1 amide bonds. The van der Waals surface area contributed by atoms with E-state index in [1.165, 1.54) is 6.33 Å². The number of rotatable bonds is 5. The summed E-state index contributed by atoms with van der Waals surface area (Å²) in [5.74, 6) is 0.150. The lowest BCUT2D eigenvalue weighted by atomic mass is 10.1. The van der Waals surface area contributed by atoms with Crippen molar-refractivity contribution in [2.24, 2.45) is 0 Å². The number of nitrogens with two attached hydrogens (primary N) is 1. The van der Waals surface area contributed by atoms with Crippen molar-refractivity contribution in [2.75, 3.05) is 5.73 Å². The Bertz CT molecular complexity index is 1580. The fraction of sp³-hybridized carbons (Fsp3) is 0.222. The molecule has 5 aromatic rings. The molecule has 3 aromatic heterocycles. The standard InChI is InChI=1S/C27H25N7O2/c28-25-23-24(33-34(26(23)31-15-30-25)19-10-11-20(35)13-19)18-7-5-16(6-8-18)14-29-27(36)22-12-9-17-3-1-2-4-21(17)32-22/h1-9,12,15,19-20,35H,10-11,13-14H2,(H,29,36)(H2,28,30,31). The number of pyridine rings is 1. The summed E-state index contributed by atoms with van der Waals surface area (Å²) in [5, 5.41) is 19.5. The van der Waals surface area contributed by atoms with Gasteiger partial charge in [-0.1, -0.05) is 48.5 Å². The number of aliphatic hydroxyl groups is 1. The van der Waals surface area contributed by atoms with E-state index in [4.69, 9.17) is 10.8 Å². The first kappa shape index (κ1) is 22.1. The number of fused-ring (bicyclic) bond motifs is 2. The van der Waals surface area contributed by atoms with Crippen molar-refractivity contribution in [3.05, 3.63) is 78.2 Å². The van der Waals surface area contributed by atoms with Gasteiger partial charge in [-0.15, -0.1) is 0 Å². The highest BCUT2D eigenvalue weighted by molar-refractivity contribution is 5.98. The number of hydrogen-bond acceptors (Lipinski definition) is 7. The lowest BCUT2D eigenvalue weighted by Gasteiger charge is -2.10. The fourth-order valence-electron chi connectivity index (χ4n) is 4.85. The zero-order valence-electron chi connectivity index (χ0n) is 19.5. The van der Waals surface area contributed by atoms with E-state index in [1.807, 2.05) is 59.3 Å². The van der Waals surface area contributed by atoms with Crippen LogP contribution in [0.3, 0.4) is 0 Å². The number of aromatic nitrogens is 5. The van der Waals surface area contributed by atoms with Gasteiger partial charge >= 0.3 is 0 Å². The molecule has 2 atom stereocenters. The summed E-state index contributed by atoms with van der Waals surface area (Å²) in [4.78, 5) is 25.7. The first-order chi connectivity index (χ1) is 17.6. The molecule has 1 aliphatic carbocycles. The molecule has 0 aliphatic heterocycles. The van der Waals surface area contributed by atoms with Crippen molar-refractivity contribution in [1.82, 2.24) is 30.0 Å². The van der Waals surface area contributed by atoms with Crippen LogP contribution in [0.5, 0.6) is 0 Å². The van der Waals surface area contributed by atoms with Crippen molar-refractivity contribution in [3.8, 4) is 11.3 Å². The van der Waals surface area contributed by atoms with Gasteiger partial charge in [-0.05, 0) is 37.0 Å². The maximum atomic E-state index is 12.7. The maximum Gasteiger partial charge on any atom is 0.270 e. The lowest BCUT2D eigenvalue weighted by molar-refractivity contribution is 0.0946. The van der Waals surface area contributed by atoms with Crippen LogP contribution in [-0.4, -0.2) is 41.9 Å². The summed E-state index contributed by atoms with van der Waals surface area (Å²) in [6.45, 7) is 0.369. The normalized spacial score (nSPS) is 17.6. The topological polar surface area (TPSA) is 132 Å². The minimum Gasteiger partial charge on any atom is -0.393 e. The highest BCUT2D eigenvalue weighted by Crippen LogP contribution is 2.36. The molecule has 9 nitrogen and oxygen atoms in total. The minimum absolute atomic E-state index is 0.0729. The fourth-order valence-corrected chi connectivity index (χ4v) is 4.85. The Morgan fingerprint density at radius 2 is 1.89 bits per heavy atom. The third-order valence-electron chi connectivity index (χ3n) is 6.75. The second kappa shape index (κ2) is 9.01. The summed E-state index contributed by atoms with van der Waals surface area (Å²) >= 11 is 0. The van der Waals surface area contributed by atoms with Crippen molar-refractivity contribution in [2.45, 2.75) is 38.0 Å². The number of amides is 1. The number of benzene rings is 2. The second-order valence-corrected chi connectivity index (χ2v) is 9.14. The smallest absolute Gasteiger partial charge is 0.270 e. The number of carbonyl (C=O) groups is 1. The number of aliphatic hydroxyl groups excluding tert-OH is 1. The van der Waals surface area contributed by atoms with E-state index in [0.29, 0.717) is 41.2 Å². The Morgan fingerprint density at radius 3 is 2.69 bits per heavy atom. The van der Waals surface area contributed by atoms with Crippen LogP contribution in [0.15, 0.2) is 67.0 Å². The summed E-state index contributed by atoms with van der Waals surface area (Å²) in [5.41, 5.74) is 10.6. The highest BCUT2D eigenvalue weighted by atomic mass is 16.3. The van der Waals surface area contributed by atoms with Crippen LogP contribution in [0.4, 0.5) is 5.82 Å². The molecule has 2 aromatic carbocycles. The van der Waals surface area contributed by atoms with Crippen molar-refractivity contribution in [3.63, 3.8) is 0 Å². The molecule has 9 heteroatoms. The van der Waals surface area contributed by atoms with Crippen LogP contribution in [0.1, 0.15) is 41.4 Å². The van der Waals surface area contributed by atoms with E-state index >= 15 is 0 Å². The van der Waals surface area contributed by atoms with E-state index in [1.54, 1.807) is 6.07 Å². The predicted octanol–water partition coefficient (Wildman–Crippen LogP) is 3.64. The van der Waals surface area contributed by atoms with Gasteiger partial charge < -0.3 is 16.2 Å². The molecular formula is C27H25N7O2. The number of para-hydroxylation sites is 1. The van der Waals surface area contributed by atoms with Crippen LogP contribution in [0, 0.1) is 0 Å². The molecule has 4 N–H and O–H groups in total. The molecule has 3 heterocycles. The molecule has 1 fully saturated rings. The Hall–Kier alpha value is -4.37. The lowest BCUT2D eigenvalue weighted by Crippen LogP contribution is -2.23. The number of nitrogen functional groups attached to an aromatic ring is 1. The molecular weight excluding hydrogens is 454 g/mol. The predicted molar refractivity (Wildman–Crippen MR) is 137 cm³/mol. The second-order valence-electron chi connectivity index (χ2n) is 9.14. The molecule has 1 saturated carbocycles. The molecule has 0 bridgehead atoms. The monoisotopic (exact) mass is 479 g/mol. The molecule has 6 rings (SSSR count). The number of hydrogen-bond donors (Lipinski definition) is 3. The van der Waals surface area contributed by atoms with E-state index in [0.717, 1.165) is 34.9 Å². The molecule has 0 saturated heterocycles. The molecule has 0 spiro atoms. The molecule has 36 heavy (non-hydrogen) atoms. The Balaban J connectivity index is 1.22.